The monoisotopic (exact) mass is 280 g/mol. The lowest BCUT2D eigenvalue weighted by Crippen LogP contribution is -2.48. The molecule has 0 bridgehead atoms. The minimum atomic E-state index is -1.10. The largest absolute Gasteiger partial charge is 0.456 e. The van der Waals surface area contributed by atoms with E-state index in [0.717, 1.165) is 25.7 Å². The van der Waals surface area contributed by atoms with Gasteiger partial charge in [-0.1, -0.05) is 12.8 Å². The van der Waals surface area contributed by atoms with Crippen molar-refractivity contribution in [3.8, 4) is 11.8 Å². The summed E-state index contributed by atoms with van der Waals surface area (Å²) in [6, 6.07) is 0. The minimum absolute atomic E-state index is 0.0668. The number of rotatable bonds is 3. The summed E-state index contributed by atoms with van der Waals surface area (Å²) < 4.78 is 16.0. The number of carbonyl (C=O) groups is 2. The molecule has 0 aromatic rings. The van der Waals surface area contributed by atoms with Crippen LogP contribution in [-0.2, 0) is 23.8 Å². The van der Waals surface area contributed by atoms with Crippen molar-refractivity contribution in [3.63, 3.8) is 0 Å². The molecule has 0 spiro atoms. The van der Waals surface area contributed by atoms with Crippen LogP contribution in [0.15, 0.2) is 0 Å². The van der Waals surface area contributed by atoms with Gasteiger partial charge in [0, 0.05) is 12.8 Å². The first-order chi connectivity index (χ1) is 9.43. The van der Waals surface area contributed by atoms with Crippen LogP contribution < -0.4 is 0 Å². The van der Waals surface area contributed by atoms with Crippen LogP contribution in [0.2, 0.25) is 0 Å². The number of fused-ring (bicyclic) bond motifs is 1. The van der Waals surface area contributed by atoms with Crippen LogP contribution in [-0.4, -0.2) is 35.9 Å². The number of carbonyl (C=O) groups excluding carboxylic acids is 2. The average Bonchev–Trinajstić information content (AvgIpc) is 3.12. The summed E-state index contributed by atoms with van der Waals surface area (Å²) in [6.45, 7) is 5.03. The SMILES string of the molecule is CCOC(=O)C#C[C@](C)(OC(C)=O)[C@@]12CCCC[C@@H]1O2. The smallest absolute Gasteiger partial charge is 0.384 e. The number of esters is 2. The Kier molecular flexibility index (Phi) is 4.05. The summed E-state index contributed by atoms with van der Waals surface area (Å²) in [4.78, 5) is 22.8. The topological polar surface area (TPSA) is 65.1 Å². The van der Waals surface area contributed by atoms with Gasteiger partial charge in [0.05, 0.1) is 12.7 Å². The van der Waals surface area contributed by atoms with Crippen molar-refractivity contribution in [1.82, 2.24) is 0 Å². The Bertz CT molecular complexity index is 474. The number of epoxide rings is 1. The van der Waals surface area contributed by atoms with Gasteiger partial charge in [-0.3, -0.25) is 4.79 Å². The van der Waals surface area contributed by atoms with Crippen LogP contribution in [0.1, 0.15) is 46.5 Å². The Morgan fingerprint density at radius 3 is 2.80 bits per heavy atom. The molecule has 1 heterocycles. The molecule has 0 radical (unpaired) electrons. The fourth-order valence-corrected chi connectivity index (χ4v) is 2.95. The van der Waals surface area contributed by atoms with E-state index < -0.39 is 23.1 Å². The van der Waals surface area contributed by atoms with Gasteiger partial charge in [-0.05, 0) is 32.6 Å². The highest BCUT2D eigenvalue weighted by atomic mass is 16.7. The van der Waals surface area contributed by atoms with E-state index in [2.05, 4.69) is 11.8 Å². The van der Waals surface area contributed by atoms with E-state index in [1.807, 2.05) is 0 Å². The third-order valence-corrected chi connectivity index (χ3v) is 3.91. The van der Waals surface area contributed by atoms with E-state index in [9.17, 15) is 9.59 Å². The van der Waals surface area contributed by atoms with Crippen molar-refractivity contribution in [2.75, 3.05) is 6.61 Å². The zero-order valence-corrected chi connectivity index (χ0v) is 12.2. The van der Waals surface area contributed by atoms with Crippen LogP contribution in [0, 0.1) is 11.8 Å². The molecule has 0 unspecified atom stereocenters. The molecular formula is C15H20O5. The standard InChI is InChI=1S/C15H20O5/c1-4-18-13(17)8-10-14(3,19-11(2)16)15-9-6-5-7-12(15)20-15/h12H,4-7,9H2,1-3H3/t12-,14-,15+/m0/s1. The molecule has 5 nitrogen and oxygen atoms in total. The van der Waals surface area contributed by atoms with Gasteiger partial charge < -0.3 is 14.2 Å². The zero-order chi connectivity index (χ0) is 14.8. The first-order valence-electron chi connectivity index (χ1n) is 7.01. The first kappa shape index (κ1) is 14.9. The second-order valence-electron chi connectivity index (χ2n) is 5.34. The van der Waals surface area contributed by atoms with Gasteiger partial charge in [-0.25, -0.2) is 4.79 Å². The third-order valence-electron chi connectivity index (χ3n) is 3.91. The van der Waals surface area contributed by atoms with Gasteiger partial charge in [-0.15, -0.1) is 0 Å². The Labute approximate surface area is 118 Å². The van der Waals surface area contributed by atoms with E-state index in [0.29, 0.717) is 0 Å². The molecular weight excluding hydrogens is 260 g/mol. The summed E-state index contributed by atoms with van der Waals surface area (Å²) >= 11 is 0. The highest BCUT2D eigenvalue weighted by molar-refractivity contribution is 5.88. The van der Waals surface area contributed by atoms with Gasteiger partial charge in [-0.2, -0.15) is 0 Å². The molecule has 110 valence electrons. The average molecular weight is 280 g/mol. The Morgan fingerprint density at radius 2 is 2.20 bits per heavy atom. The second kappa shape index (κ2) is 5.45. The summed E-state index contributed by atoms with van der Waals surface area (Å²) in [5, 5.41) is 0. The van der Waals surface area contributed by atoms with Crippen molar-refractivity contribution < 1.29 is 23.8 Å². The molecule has 0 aromatic heterocycles. The molecule has 0 amide bonds. The Morgan fingerprint density at radius 1 is 1.45 bits per heavy atom. The fraction of sp³-hybridized carbons (Fsp3) is 0.733. The van der Waals surface area contributed by atoms with Crippen LogP contribution in [0.5, 0.6) is 0 Å². The fourth-order valence-electron chi connectivity index (χ4n) is 2.95. The maximum Gasteiger partial charge on any atom is 0.384 e. The van der Waals surface area contributed by atoms with Crippen molar-refractivity contribution >= 4 is 11.9 Å². The molecule has 1 aliphatic heterocycles. The molecule has 0 aromatic carbocycles. The van der Waals surface area contributed by atoms with Crippen molar-refractivity contribution in [2.45, 2.75) is 63.8 Å². The van der Waals surface area contributed by atoms with Crippen LogP contribution in [0.4, 0.5) is 0 Å². The van der Waals surface area contributed by atoms with Gasteiger partial charge in [0.2, 0.25) is 5.60 Å². The summed E-state index contributed by atoms with van der Waals surface area (Å²) in [7, 11) is 0. The van der Waals surface area contributed by atoms with E-state index in [4.69, 9.17) is 14.2 Å². The first-order valence-corrected chi connectivity index (χ1v) is 7.01. The lowest BCUT2D eigenvalue weighted by Gasteiger charge is -2.32. The second-order valence-corrected chi connectivity index (χ2v) is 5.34. The van der Waals surface area contributed by atoms with E-state index in [-0.39, 0.29) is 12.7 Å². The van der Waals surface area contributed by atoms with E-state index in [1.165, 1.54) is 6.92 Å². The zero-order valence-electron chi connectivity index (χ0n) is 12.2. The van der Waals surface area contributed by atoms with Gasteiger partial charge in [0.15, 0.2) is 0 Å². The molecule has 20 heavy (non-hydrogen) atoms. The molecule has 1 saturated heterocycles. The van der Waals surface area contributed by atoms with Crippen LogP contribution >= 0.6 is 0 Å². The molecule has 1 aliphatic carbocycles. The third kappa shape index (κ3) is 2.66. The van der Waals surface area contributed by atoms with Crippen molar-refractivity contribution in [3.05, 3.63) is 0 Å². The number of ether oxygens (including phenoxy) is 3. The van der Waals surface area contributed by atoms with E-state index >= 15 is 0 Å². The number of hydrogen-bond acceptors (Lipinski definition) is 5. The maximum absolute atomic E-state index is 11.4. The predicted octanol–water partition coefficient (Wildman–Crippen LogP) is 1.59. The minimum Gasteiger partial charge on any atom is -0.456 e. The highest BCUT2D eigenvalue weighted by Crippen LogP contribution is 2.55. The molecule has 2 fully saturated rings. The molecule has 0 N–H and O–H groups in total. The Hall–Kier alpha value is -1.54. The lowest BCUT2D eigenvalue weighted by atomic mass is 9.77. The maximum atomic E-state index is 11.4. The molecule has 2 aliphatic rings. The Balaban J connectivity index is 2.22. The van der Waals surface area contributed by atoms with Gasteiger partial charge >= 0.3 is 11.9 Å². The van der Waals surface area contributed by atoms with Crippen molar-refractivity contribution in [1.29, 1.82) is 0 Å². The quantitative estimate of drug-likeness (QED) is 0.340. The molecule has 5 heteroatoms. The normalized spacial score (nSPS) is 30.1. The molecule has 1 saturated carbocycles. The molecule has 2 rings (SSSR count). The van der Waals surface area contributed by atoms with Crippen LogP contribution in [0.3, 0.4) is 0 Å². The summed E-state index contributed by atoms with van der Waals surface area (Å²) in [5.74, 6) is 4.14. The van der Waals surface area contributed by atoms with Gasteiger partial charge in [0.25, 0.3) is 0 Å². The number of hydrogen-bond donors (Lipinski definition) is 0. The summed E-state index contributed by atoms with van der Waals surface area (Å²) in [5.41, 5.74) is -1.66. The molecule has 3 atom stereocenters. The summed E-state index contributed by atoms with van der Waals surface area (Å²) in [6.07, 6.45) is 3.91. The highest BCUT2D eigenvalue weighted by Gasteiger charge is 2.69. The van der Waals surface area contributed by atoms with Crippen molar-refractivity contribution in [2.24, 2.45) is 0 Å². The lowest BCUT2D eigenvalue weighted by molar-refractivity contribution is -0.156. The van der Waals surface area contributed by atoms with Gasteiger partial charge in [0.1, 0.15) is 5.60 Å². The van der Waals surface area contributed by atoms with E-state index in [1.54, 1.807) is 13.8 Å². The predicted molar refractivity (Wildman–Crippen MR) is 70.7 cm³/mol. The van der Waals surface area contributed by atoms with Crippen LogP contribution in [0.25, 0.3) is 0 Å².